The van der Waals surface area contributed by atoms with E-state index in [4.69, 9.17) is 5.73 Å². The number of nitrogens with one attached hydrogen (secondary N) is 1. The third-order valence-electron chi connectivity index (χ3n) is 4.07. The van der Waals surface area contributed by atoms with Crippen molar-refractivity contribution in [1.82, 2.24) is 10.3 Å². The fourth-order valence-electron chi connectivity index (χ4n) is 2.64. The lowest BCUT2D eigenvalue weighted by Crippen LogP contribution is -2.42. The van der Waals surface area contributed by atoms with Crippen molar-refractivity contribution in [2.75, 3.05) is 31.1 Å². The van der Waals surface area contributed by atoms with Crippen molar-refractivity contribution in [2.24, 2.45) is 11.7 Å². The first-order chi connectivity index (χ1) is 10.1. The number of amides is 1. The maximum absolute atomic E-state index is 11.9. The van der Waals surface area contributed by atoms with Gasteiger partial charge in [-0.3, -0.25) is 4.79 Å². The van der Waals surface area contributed by atoms with Crippen LogP contribution < -0.4 is 16.0 Å². The van der Waals surface area contributed by atoms with E-state index in [1.807, 2.05) is 6.20 Å². The Hall–Kier alpha value is -1.62. The van der Waals surface area contributed by atoms with Crippen molar-refractivity contribution in [3.8, 4) is 0 Å². The molecule has 116 valence electrons. The molecule has 5 heteroatoms. The van der Waals surface area contributed by atoms with Gasteiger partial charge < -0.3 is 16.0 Å². The molecule has 1 aliphatic rings. The monoisotopic (exact) mass is 290 g/mol. The number of hydrogen-bond acceptors (Lipinski definition) is 4. The molecule has 1 aromatic rings. The second-order valence-electron chi connectivity index (χ2n) is 5.95. The van der Waals surface area contributed by atoms with Crippen LogP contribution in [0.2, 0.25) is 0 Å². The van der Waals surface area contributed by atoms with Crippen LogP contribution in [0.25, 0.3) is 0 Å². The number of nitrogens with two attached hydrogens (primary N) is 1. The number of pyridine rings is 1. The van der Waals surface area contributed by atoms with Crippen LogP contribution in [0.3, 0.4) is 0 Å². The summed E-state index contributed by atoms with van der Waals surface area (Å²) in [4.78, 5) is 18.7. The quantitative estimate of drug-likeness (QED) is 0.862. The van der Waals surface area contributed by atoms with Gasteiger partial charge >= 0.3 is 0 Å². The molecule has 0 aromatic carbocycles. The molecular weight excluding hydrogens is 264 g/mol. The number of carbonyl (C=O) groups is 1. The zero-order chi connectivity index (χ0) is 15.2. The van der Waals surface area contributed by atoms with Crippen molar-refractivity contribution in [3.05, 3.63) is 23.9 Å². The van der Waals surface area contributed by atoms with E-state index in [9.17, 15) is 4.79 Å². The van der Waals surface area contributed by atoms with Gasteiger partial charge in [0, 0.05) is 38.3 Å². The molecule has 0 spiro atoms. The fraction of sp³-hybridized carbons (Fsp3) is 0.625. The number of nitrogens with zero attached hydrogens (tertiary/aromatic N) is 2. The fourth-order valence-corrected chi connectivity index (χ4v) is 2.64. The normalized spacial score (nSPS) is 16.3. The molecule has 21 heavy (non-hydrogen) atoms. The van der Waals surface area contributed by atoms with Gasteiger partial charge in [0.05, 0.1) is 0 Å². The second kappa shape index (κ2) is 7.41. The standard InChI is InChI=1S/C16H26N4O/c1-12(2)14-3-4-15(19-11-14)20-9-5-13(6-10-20)16(21)18-8-7-17/h3-4,11-13H,5-10,17H2,1-2H3,(H,18,21). The van der Waals surface area contributed by atoms with Crippen molar-refractivity contribution in [1.29, 1.82) is 0 Å². The molecule has 0 bridgehead atoms. The number of aromatic nitrogens is 1. The van der Waals surface area contributed by atoms with Crippen LogP contribution in [0.4, 0.5) is 5.82 Å². The molecular formula is C16H26N4O. The predicted molar refractivity (Wildman–Crippen MR) is 85.3 cm³/mol. The Bertz CT molecular complexity index is 450. The van der Waals surface area contributed by atoms with Crippen LogP contribution in [0.1, 0.15) is 38.2 Å². The SMILES string of the molecule is CC(C)c1ccc(N2CCC(C(=O)NCCN)CC2)nc1. The molecule has 2 rings (SSSR count). The van der Waals surface area contributed by atoms with Crippen LogP contribution in [-0.4, -0.2) is 37.1 Å². The Morgan fingerprint density at radius 3 is 2.67 bits per heavy atom. The minimum atomic E-state index is 0.114. The molecule has 5 nitrogen and oxygen atoms in total. The molecule has 0 atom stereocenters. The molecule has 2 heterocycles. The molecule has 1 saturated heterocycles. The van der Waals surface area contributed by atoms with E-state index in [1.54, 1.807) is 0 Å². The molecule has 1 amide bonds. The zero-order valence-electron chi connectivity index (χ0n) is 13.0. The summed E-state index contributed by atoms with van der Waals surface area (Å²) in [6.45, 7) is 7.17. The lowest BCUT2D eigenvalue weighted by atomic mass is 9.96. The van der Waals surface area contributed by atoms with E-state index in [0.717, 1.165) is 31.7 Å². The van der Waals surface area contributed by atoms with Gasteiger partial charge in [0.1, 0.15) is 5.82 Å². The Labute approximate surface area is 126 Å². The highest BCUT2D eigenvalue weighted by molar-refractivity contribution is 5.78. The molecule has 1 fully saturated rings. The smallest absolute Gasteiger partial charge is 0.223 e. The van der Waals surface area contributed by atoms with E-state index >= 15 is 0 Å². The second-order valence-corrected chi connectivity index (χ2v) is 5.95. The summed E-state index contributed by atoms with van der Waals surface area (Å²) in [5.41, 5.74) is 6.67. The Morgan fingerprint density at radius 2 is 2.14 bits per heavy atom. The summed E-state index contributed by atoms with van der Waals surface area (Å²) in [6.07, 6.45) is 3.72. The lowest BCUT2D eigenvalue weighted by Gasteiger charge is -2.32. The highest BCUT2D eigenvalue weighted by Crippen LogP contribution is 2.23. The molecule has 3 N–H and O–H groups in total. The molecule has 0 radical (unpaired) electrons. The van der Waals surface area contributed by atoms with Crippen LogP contribution >= 0.6 is 0 Å². The largest absolute Gasteiger partial charge is 0.357 e. The van der Waals surface area contributed by atoms with E-state index in [0.29, 0.717) is 19.0 Å². The number of hydrogen-bond donors (Lipinski definition) is 2. The highest BCUT2D eigenvalue weighted by atomic mass is 16.1. The summed E-state index contributed by atoms with van der Waals surface area (Å²) in [6, 6.07) is 4.23. The van der Waals surface area contributed by atoms with E-state index in [-0.39, 0.29) is 11.8 Å². The first-order valence-electron chi connectivity index (χ1n) is 7.80. The number of piperidine rings is 1. The van der Waals surface area contributed by atoms with Gasteiger partial charge in [-0.1, -0.05) is 19.9 Å². The summed E-state index contributed by atoms with van der Waals surface area (Å²) in [7, 11) is 0. The van der Waals surface area contributed by atoms with Crippen molar-refractivity contribution < 1.29 is 4.79 Å². The molecule has 0 saturated carbocycles. The third kappa shape index (κ3) is 4.17. The molecule has 0 aliphatic carbocycles. The number of rotatable bonds is 5. The van der Waals surface area contributed by atoms with Gasteiger partial charge in [-0.2, -0.15) is 0 Å². The summed E-state index contributed by atoms with van der Waals surface area (Å²) in [5, 5.41) is 2.88. The predicted octanol–water partition coefficient (Wildman–Crippen LogP) is 1.50. The van der Waals surface area contributed by atoms with E-state index < -0.39 is 0 Å². The third-order valence-corrected chi connectivity index (χ3v) is 4.07. The van der Waals surface area contributed by atoms with E-state index in [2.05, 4.69) is 41.2 Å². The van der Waals surface area contributed by atoms with Gasteiger partial charge in [0.15, 0.2) is 0 Å². The van der Waals surface area contributed by atoms with Crippen LogP contribution in [0.15, 0.2) is 18.3 Å². The van der Waals surface area contributed by atoms with Gasteiger partial charge in [0.2, 0.25) is 5.91 Å². The van der Waals surface area contributed by atoms with E-state index in [1.165, 1.54) is 5.56 Å². The maximum Gasteiger partial charge on any atom is 0.223 e. The van der Waals surface area contributed by atoms with Gasteiger partial charge in [-0.15, -0.1) is 0 Å². The maximum atomic E-state index is 11.9. The molecule has 1 aromatic heterocycles. The first kappa shape index (κ1) is 15.8. The summed E-state index contributed by atoms with van der Waals surface area (Å²) in [5.74, 6) is 1.77. The van der Waals surface area contributed by atoms with Crippen LogP contribution in [-0.2, 0) is 4.79 Å². The topological polar surface area (TPSA) is 71.2 Å². The lowest BCUT2D eigenvalue weighted by molar-refractivity contribution is -0.125. The summed E-state index contributed by atoms with van der Waals surface area (Å²) >= 11 is 0. The van der Waals surface area contributed by atoms with Gasteiger partial charge in [0.25, 0.3) is 0 Å². The average Bonchev–Trinajstić information content (AvgIpc) is 2.53. The summed E-state index contributed by atoms with van der Waals surface area (Å²) < 4.78 is 0. The Morgan fingerprint density at radius 1 is 1.43 bits per heavy atom. The van der Waals surface area contributed by atoms with Crippen molar-refractivity contribution in [3.63, 3.8) is 0 Å². The van der Waals surface area contributed by atoms with Gasteiger partial charge in [-0.25, -0.2) is 4.98 Å². The van der Waals surface area contributed by atoms with Gasteiger partial charge in [-0.05, 0) is 30.4 Å². The van der Waals surface area contributed by atoms with Crippen LogP contribution in [0, 0.1) is 5.92 Å². The van der Waals surface area contributed by atoms with Crippen molar-refractivity contribution >= 4 is 11.7 Å². The Balaban J connectivity index is 1.87. The first-order valence-corrected chi connectivity index (χ1v) is 7.80. The highest BCUT2D eigenvalue weighted by Gasteiger charge is 2.25. The molecule has 0 unspecified atom stereocenters. The number of carbonyl (C=O) groups excluding carboxylic acids is 1. The number of anilines is 1. The Kier molecular flexibility index (Phi) is 5.56. The average molecular weight is 290 g/mol. The molecule has 1 aliphatic heterocycles. The minimum absolute atomic E-state index is 0.114. The zero-order valence-corrected chi connectivity index (χ0v) is 13.0. The van der Waals surface area contributed by atoms with Crippen LogP contribution in [0.5, 0.6) is 0 Å². The van der Waals surface area contributed by atoms with Crippen molar-refractivity contribution in [2.45, 2.75) is 32.6 Å². The minimum Gasteiger partial charge on any atom is -0.357 e.